The standard InChI is InChI=1S/C31H37ClF2N2O3Si/c1-30(2,3)40(22-12-8-6-9-13-22,23-14-10-7-11-15-23)39-20-21-19-38-26(18-35-21)29(37)36-31(4,5)24-16-17-25(32)28(34)27(24)33/h6-17,21,26,35H,18-20H2,1-5H3,(H,36,37)/t21-,26-/m0/s1. The van der Waals surface area contributed by atoms with Crippen LogP contribution in [0.2, 0.25) is 10.1 Å². The second kappa shape index (κ2) is 12.1. The summed E-state index contributed by atoms with van der Waals surface area (Å²) in [4.78, 5) is 13.0. The first-order chi connectivity index (χ1) is 18.9. The Morgan fingerprint density at radius 3 is 2.05 bits per heavy atom. The summed E-state index contributed by atoms with van der Waals surface area (Å²) >= 11 is 5.69. The molecule has 1 fully saturated rings. The van der Waals surface area contributed by atoms with Crippen molar-refractivity contribution in [3.8, 4) is 0 Å². The molecule has 3 aromatic carbocycles. The maximum atomic E-state index is 14.5. The highest BCUT2D eigenvalue weighted by Crippen LogP contribution is 2.37. The molecule has 2 atom stereocenters. The first-order valence-electron chi connectivity index (χ1n) is 13.4. The van der Waals surface area contributed by atoms with Gasteiger partial charge in [0.05, 0.1) is 29.8 Å². The molecular formula is C31H37ClF2N2O3Si. The van der Waals surface area contributed by atoms with Crippen LogP contribution >= 0.6 is 11.6 Å². The lowest BCUT2D eigenvalue weighted by Gasteiger charge is -2.44. The molecule has 4 rings (SSSR count). The number of carbonyl (C=O) groups excluding carboxylic acids is 1. The van der Waals surface area contributed by atoms with Crippen molar-refractivity contribution in [2.24, 2.45) is 0 Å². The van der Waals surface area contributed by atoms with E-state index in [1.807, 2.05) is 36.4 Å². The molecular weight excluding hydrogens is 550 g/mol. The van der Waals surface area contributed by atoms with E-state index in [1.54, 1.807) is 13.8 Å². The third-order valence-corrected chi connectivity index (χ3v) is 12.7. The van der Waals surface area contributed by atoms with Crippen LogP contribution in [0.5, 0.6) is 0 Å². The third kappa shape index (κ3) is 6.16. The van der Waals surface area contributed by atoms with Crippen molar-refractivity contribution in [2.45, 2.75) is 57.3 Å². The molecule has 1 saturated heterocycles. The zero-order valence-electron chi connectivity index (χ0n) is 23.6. The van der Waals surface area contributed by atoms with Gasteiger partial charge < -0.3 is 19.8 Å². The first kappa shape index (κ1) is 30.3. The highest BCUT2D eigenvalue weighted by atomic mass is 35.5. The fourth-order valence-electron chi connectivity index (χ4n) is 5.35. The largest absolute Gasteiger partial charge is 0.406 e. The number of rotatable bonds is 8. The van der Waals surface area contributed by atoms with E-state index in [1.165, 1.54) is 22.5 Å². The topological polar surface area (TPSA) is 59.6 Å². The Labute approximate surface area is 241 Å². The maximum absolute atomic E-state index is 14.5. The van der Waals surface area contributed by atoms with Crippen molar-refractivity contribution < 1.29 is 22.7 Å². The van der Waals surface area contributed by atoms with Crippen molar-refractivity contribution in [3.05, 3.63) is 95.0 Å². The van der Waals surface area contributed by atoms with Crippen LogP contribution in [0.25, 0.3) is 0 Å². The van der Waals surface area contributed by atoms with Gasteiger partial charge in [-0.2, -0.15) is 0 Å². The lowest BCUT2D eigenvalue weighted by Crippen LogP contribution is -2.68. The summed E-state index contributed by atoms with van der Waals surface area (Å²) in [7, 11) is -2.71. The van der Waals surface area contributed by atoms with Gasteiger partial charge in [0.2, 0.25) is 0 Å². The van der Waals surface area contributed by atoms with Gasteiger partial charge in [-0.25, -0.2) is 8.78 Å². The maximum Gasteiger partial charge on any atom is 0.261 e. The fraction of sp³-hybridized carbons (Fsp3) is 0.387. The van der Waals surface area contributed by atoms with E-state index in [2.05, 4.69) is 55.7 Å². The summed E-state index contributed by atoms with van der Waals surface area (Å²) in [6, 6.07) is 23.3. The van der Waals surface area contributed by atoms with E-state index in [9.17, 15) is 13.6 Å². The number of ether oxygens (including phenoxy) is 1. The van der Waals surface area contributed by atoms with Gasteiger partial charge in [-0.05, 0) is 35.3 Å². The van der Waals surface area contributed by atoms with Crippen LogP contribution in [-0.4, -0.2) is 46.1 Å². The molecule has 9 heteroatoms. The van der Waals surface area contributed by atoms with Crippen LogP contribution in [0.3, 0.4) is 0 Å². The predicted molar refractivity (Wildman–Crippen MR) is 158 cm³/mol. The minimum Gasteiger partial charge on any atom is -0.406 e. The second-order valence-electron chi connectivity index (χ2n) is 11.7. The molecule has 0 aliphatic carbocycles. The van der Waals surface area contributed by atoms with Crippen molar-refractivity contribution in [3.63, 3.8) is 0 Å². The quantitative estimate of drug-likeness (QED) is 0.291. The van der Waals surface area contributed by atoms with E-state index in [4.69, 9.17) is 20.8 Å². The molecule has 5 nitrogen and oxygen atoms in total. The van der Waals surface area contributed by atoms with E-state index < -0.39 is 37.5 Å². The monoisotopic (exact) mass is 586 g/mol. The number of halogens is 3. The Morgan fingerprint density at radius 2 is 1.55 bits per heavy atom. The Kier molecular flexibility index (Phi) is 9.17. The number of benzene rings is 3. The zero-order valence-corrected chi connectivity index (χ0v) is 25.3. The molecule has 1 aliphatic heterocycles. The van der Waals surface area contributed by atoms with Gasteiger partial charge in [-0.1, -0.05) is 99.1 Å². The third-order valence-electron chi connectivity index (χ3n) is 7.45. The molecule has 214 valence electrons. The number of carbonyl (C=O) groups is 1. The van der Waals surface area contributed by atoms with Gasteiger partial charge in [0, 0.05) is 12.1 Å². The number of nitrogens with one attached hydrogen (secondary N) is 2. The molecule has 0 spiro atoms. The van der Waals surface area contributed by atoms with E-state index in [0.29, 0.717) is 6.61 Å². The summed E-state index contributed by atoms with van der Waals surface area (Å²) in [6.45, 7) is 10.8. The Bertz CT molecular complexity index is 1270. The Balaban J connectivity index is 1.44. The van der Waals surface area contributed by atoms with E-state index in [-0.39, 0.29) is 34.8 Å². The number of hydrogen-bond donors (Lipinski definition) is 2. The molecule has 1 heterocycles. The summed E-state index contributed by atoms with van der Waals surface area (Å²) < 4.78 is 41.5. The molecule has 0 aromatic heterocycles. The lowest BCUT2D eigenvalue weighted by atomic mass is 9.93. The minimum absolute atomic E-state index is 0.00287. The van der Waals surface area contributed by atoms with Gasteiger partial charge in [0.15, 0.2) is 11.6 Å². The number of hydrogen-bond acceptors (Lipinski definition) is 4. The van der Waals surface area contributed by atoms with Crippen LogP contribution in [0, 0.1) is 11.6 Å². The Hall–Kier alpha value is -2.62. The van der Waals surface area contributed by atoms with Crippen LogP contribution in [0.15, 0.2) is 72.8 Å². The molecule has 0 saturated carbocycles. The fourth-order valence-corrected chi connectivity index (χ4v) is 10.1. The van der Waals surface area contributed by atoms with Gasteiger partial charge in [0.25, 0.3) is 14.2 Å². The molecule has 1 aliphatic rings. The molecule has 40 heavy (non-hydrogen) atoms. The van der Waals surface area contributed by atoms with Crippen LogP contribution < -0.4 is 21.0 Å². The molecule has 3 aromatic rings. The molecule has 2 N–H and O–H groups in total. The van der Waals surface area contributed by atoms with Crippen molar-refractivity contribution in [1.82, 2.24) is 10.6 Å². The molecule has 1 amide bonds. The van der Waals surface area contributed by atoms with E-state index in [0.717, 1.165) is 0 Å². The van der Waals surface area contributed by atoms with Crippen LogP contribution in [0.1, 0.15) is 40.2 Å². The first-order valence-corrected chi connectivity index (χ1v) is 15.7. The van der Waals surface area contributed by atoms with Crippen LogP contribution in [0.4, 0.5) is 8.78 Å². The van der Waals surface area contributed by atoms with Crippen molar-refractivity contribution in [1.29, 1.82) is 0 Å². The second-order valence-corrected chi connectivity index (χ2v) is 16.5. The van der Waals surface area contributed by atoms with E-state index >= 15 is 0 Å². The molecule has 0 radical (unpaired) electrons. The molecule has 0 bridgehead atoms. The predicted octanol–water partition coefficient (Wildman–Crippen LogP) is 4.90. The number of amides is 1. The minimum atomic E-state index is -2.71. The SMILES string of the molecule is CC(C)(NC(=O)[C@@H]1CN[C@H](CO[Si](c2ccccc2)(c2ccccc2)C(C)(C)C)CO1)c1ccc(Cl)c(F)c1F. The molecule has 0 unspecified atom stereocenters. The summed E-state index contributed by atoms with van der Waals surface area (Å²) in [5.41, 5.74) is -1.18. The summed E-state index contributed by atoms with van der Waals surface area (Å²) in [5.74, 6) is -2.64. The Morgan fingerprint density at radius 1 is 0.975 bits per heavy atom. The average Bonchev–Trinajstić information content (AvgIpc) is 2.92. The van der Waals surface area contributed by atoms with Gasteiger partial charge in [0.1, 0.15) is 6.10 Å². The lowest BCUT2D eigenvalue weighted by molar-refractivity contribution is -0.137. The van der Waals surface area contributed by atoms with Gasteiger partial charge in [-0.15, -0.1) is 0 Å². The van der Waals surface area contributed by atoms with Crippen molar-refractivity contribution >= 4 is 36.2 Å². The highest BCUT2D eigenvalue weighted by Gasteiger charge is 2.50. The smallest absolute Gasteiger partial charge is 0.261 e. The summed E-state index contributed by atoms with van der Waals surface area (Å²) in [5, 5.41) is 8.09. The highest BCUT2D eigenvalue weighted by molar-refractivity contribution is 6.99. The van der Waals surface area contributed by atoms with Gasteiger partial charge >= 0.3 is 0 Å². The number of morpholine rings is 1. The van der Waals surface area contributed by atoms with Crippen molar-refractivity contribution in [2.75, 3.05) is 19.8 Å². The summed E-state index contributed by atoms with van der Waals surface area (Å²) in [6.07, 6.45) is -0.788. The normalized spacial score (nSPS) is 18.4. The van der Waals surface area contributed by atoms with Crippen LogP contribution in [-0.2, 0) is 19.5 Å². The van der Waals surface area contributed by atoms with Gasteiger partial charge in [-0.3, -0.25) is 4.79 Å². The zero-order chi connectivity index (χ0) is 29.1. The average molecular weight is 587 g/mol.